The number of rotatable bonds is 10. The molecule has 2 aromatic carbocycles. The smallest absolute Gasteiger partial charge is 0.255 e. The van der Waals surface area contributed by atoms with Gasteiger partial charge in [-0.05, 0) is 29.8 Å². The summed E-state index contributed by atoms with van der Waals surface area (Å²) in [5.74, 6) is -1.34. The van der Waals surface area contributed by atoms with Crippen molar-refractivity contribution in [3.8, 4) is 17.9 Å². The number of hydrogen-bond donors (Lipinski definition) is 2. The van der Waals surface area contributed by atoms with Crippen molar-refractivity contribution in [1.82, 2.24) is 15.1 Å². The second kappa shape index (κ2) is 11.7. The summed E-state index contributed by atoms with van der Waals surface area (Å²) < 4.78 is 26.4. The lowest BCUT2D eigenvalue weighted by Crippen LogP contribution is -2.24. The molecule has 11 heteroatoms. The summed E-state index contributed by atoms with van der Waals surface area (Å²) in [5.41, 5.74) is 1.06. The molecule has 9 nitrogen and oxygen atoms in total. The number of methoxy groups -OCH3 is 1. The Kier molecular flexibility index (Phi) is 8.66. The number of carbonyl (C=O) groups excluding carboxylic acids is 1. The number of aliphatic hydroxyl groups excluding tert-OH is 1. The molecule has 1 amide bonds. The predicted molar refractivity (Wildman–Crippen MR) is 139 cm³/mol. The van der Waals surface area contributed by atoms with E-state index in [4.69, 9.17) is 9.47 Å². The molecule has 0 saturated heterocycles. The first-order valence-corrected chi connectivity index (χ1v) is 15.2. The molecule has 0 radical (unpaired) electrons. The third-order valence-electron chi connectivity index (χ3n) is 5.66. The van der Waals surface area contributed by atoms with Gasteiger partial charge in [0.1, 0.15) is 30.4 Å². The van der Waals surface area contributed by atoms with Gasteiger partial charge >= 0.3 is 0 Å². The monoisotopic (exact) mass is 521 g/mol. The number of nitrogens with zero attached hydrogens (tertiary/aromatic N) is 4. The Bertz CT molecular complexity index is 1410. The molecule has 0 spiro atoms. The number of carbonyl (C=O) groups is 1. The summed E-state index contributed by atoms with van der Waals surface area (Å²) in [6, 6.07) is 11.2. The molecule has 0 saturated carbocycles. The van der Waals surface area contributed by atoms with E-state index < -0.39 is 31.1 Å². The number of aliphatic hydroxyl groups is 1. The van der Waals surface area contributed by atoms with Crippen molar-refractivity contribution in [3.63, 3.8) is 0 Å². The number of ether oxygens (including phenoxy) is 2. The number of halogens is 1. The molecule has 3 aromatic rings. The molecule has 0 aliphatic rings. The van der Waals surface area contributed by atoms with Gasteiger partial charge in [0.15, 0.2) is 11.3 Å². The van der Waals surface area contributed by atoms with Crippen molar-refractivity contribution < 1.29 is 23.8 Å². The molecule has 2 N–H and O–H groups in total. The molecule has 37 heavy (non-hydrogen) atoms. The summed E-state index contributed by atoms with van der Waals surface area (Å²) >= 11 is 0. The zero-order valence-corrected chi connectivity index (χ0v) is 22.1. The van der Waals surface area contributed by atoms with Gasteiger partial charge in [-0.3, -0.25) is 4.79 Å². The fraction of sp³-hybridized carbons (Fsp3) is 0.308. The number of aromatic nitrogens is 2. The number of hydrogen-bond acceptors (Lipinski definition) is 7. The van der Waals surface area contributed by atoms with Gasteiger partial charge in [0, 0.05) is 32.2 Å². The van der Waals surface area contributed by atoms with E-state index in [1.54, 1.807) is 29.0 Å². The van der Waals surface area contributed by atoms with Crippen LogP contribution in [0.25, 0.3) is 16.7 Å². The average molecular weight is 522 g/mol. The lowest BCUT2D eigenvalue weighted by Gasteiger charge is -2.16. The minimum Gasteiger partial charge on any atom is -0.505 e. The van der Waals surface area contributed by atoms with Crippen LogP contribution >= 0.6 is 0 Å². The topological polar surface area (TPSA) is 133 Å². The third kappa shape index (κ3) is 6.53. The molecule has 0 atom stereocenters. The van der Waals surface area contributed by atoms with Crippen LogP contribution in [0.1, 0.15) is 21.5 Å². The van der Waals surface area contributed by atoms with Crippen LogP contribution in [0.15, 0.2) is 42.1 Å². The van der Waals surface area contributed by atoms with E-state index in [1.807, 2.05) is 0 Å². The number of allylic oxidation sites excluding steroid dienone is 1. The lowest BCUT2D eigenvalue weighted by molar-refractivity contribution is 0.0816. The fourth-order valence-corrected chi connectivity index (χ4v) is 4.40. The normalized spacial score (nSPS) is 11.0. The number of amides is 1. The third-order valence-corrected chi connectivity index (χ3v) is 7.36. The van der Waals surface area contributed by atoms with Crippen LogP contribution in [0, 0.1) is 28.5 Å². The van der Waals surface area contributed by atoms with Gasteiger partial charge in [-0.25, -0.2) is 9.07 Å². The maximum absolute atomic E-state index is 13.8. The van der Waals surface area contributed by atoms with E-state index in [9.17, 15) is 24.8 Å². The maximum Gasteiger partial charge on any atom is 0.255 e. The number of nitrogens with one attached hydrogen (secondary N) is 1. The van der Waals surface area contributed by atoms with Gasteiger partial charge in [0.25, 0.3) is 5.91 Å². The molecule has 0 aliphatic heterocycles. The van der Waals surface area contributed by atoms with E-state index in [1.165, 1.54) is 25.4 Å². The molecule has 0 bridgehead atoms. The minimum absolute atomic E-state index is 0.0453. The van der Waals surface area contributed by atoms with Crippen LogP contribution in [0.3, 0.4) is 0 Å². The highest BCUT2D eigenvalue weighted by atomic mass is 28.3. The highest BCUT2D eigenvalue weighted by Crippen LogP contribution is 2.29. The minimum atomic E-state index is -1.30. The van der Waals surface area contributed by atoms with Gasteiger partial charge in [-0.2, -0.15) is 15.6 Å². The number of nitriles is 2. The van der Waals surface area contributed by atoms with Crippen LogP contribution in [0.5, 0.6) is 5.75 Å². The Morgan fingerprint density at radius 2 is 1.92 bits per heavy atom. The molecule has 0 fully saturated rings. The summed E-state index contributed by atoms with van der Waals surface area (Å²) in [5, 5.41) is 36.6. The summed E-state index contributed by atoms with van der Waals surface area (Å²) in [6.07, 6.45) is 1.51. The van der Waals surface area contributed by atoms with Crippen molar-refractivity contribution in [3.05, 3.63) is 64.6 Å². The van der Waals surface area contributed by atoms with Crippen LogP contribution in [0.4, 0.5) is 4.39 Å². The van der Waals surface area contributed by atoms with Crippen LogP contribution < -0.4 is 10.1 Å². The summed E-state index contributed by atoms with van der Waals surface area (Å²) in [4.78, 5) is 12.8. The van der Waals surface area contributed by atoms with Crippen molar-refractivity contribution in [2.24, 2.45) is 0 Å². The van der Waals surface area contributed by atoms with Gasteiger partial charge in [0.2, 0.25) is 0 Å². The van der Waals surface area contributed by atoms with E-state index in [2.05, 4.69) is 30.1 Å². The van der Waals surface area contributed by atoms with Crippen molar-refractivity contribution in [2.75, 3.05) is 13.7 Å². The Morgan fingerprint density at radius 3 is 2.57 bits per heavy atom. The van der Waals surface area contributed by atoms with Gasteiger partial charge < -0.3 is 19.9 Å². The molecule has 0 aliphatic carbocycles. The first kappa shape index (κ1) is 27.4. The summed E-state index contributed by atoms with van der Waals surface area (Å²) in [6.45, 7) is 7.47. The van der Waals surface area contributed by atoms with Crippen molar-refractivity contribution in [1.29, 1.82) is 10.5 Å². The quantitative estimate of drug-likeness (QED) is 0.170. The highest BCUT2D eigenvalue weighted by molar-refractivity contribution is 6.76. The fourth-order valence-electron chi connectivity index (χ4n) is 3.64. The van der Waals surface area contributed by atoms with Crippen LogP contribution in [-0.4, -0.2) is 42.6 Å². The van der Waals surface area contributed by atoms with E-state index in [-0.39, 0.29) is 30.2 Å². The van der Waals surface area contributed by atoms with Crippen molar-refractivity contribution >= 4 is 30.6 Å². The second-order valence-corrected chi connectivity index (χ2v) is 15.1. The van der Waals surface area contributed by atoms with Crippen LogP contribution in [0.2, 0.25) is 25.7 Å². The largest absolute Gasteiger partial charge is 0.505 e. The Balaban J connectivity index is 1.97. The maximum atomic E-state index is 13.8. The Morgan fingerprint density at radius 1 is 1.19 bits per heavy atom. The highest BCUT2D eigenvalue weighted by Gasteiger charge is 2.19. The molecule has 0 unspecified atom stereocenters. The first-order valence-electron chi connectivity index (χ1n) is 11.5. The zero-order valence-electron chi connectivity index (χ0n) is 21.1. The second-order valence-electron chi connectivity index (χ2n) is 9.50. The van der Waals surface area contributed by atoms with E-state index in [0.29, 0.717) is 23.1 Å². The molecule has 1 heterocycles. The Labute approximate surface area is 215 Å². The lowest BCUT2D eigenvalue weighted by atomic mass is 10.0. The van der Waals surface area contributed by atoms with Gasteiger partial charge in [-0.1, -0.05) is 31.8 Å². The van der Waals surface area contributed by atoms with Gasteiger partial charge in [-0.15, -0.1) is 0 Å². The van der Waals surface area contributed by atoms with E-state index >= 15 is 0 Å². The molecule has 1 aromatic heterocycles. The predicted octanol–water partition coefficient (Wildman–Crippen LogP) is 4.74. The summed E-state index contributed by atoms with van der Waals surface area (Å²) in [7, 11) is 0.0947. The van der Waals surface area contributed by atoms with Crippen molar-refractivity contribution in [2.45, 2.75) is 39.0 Å². The SMILES string of the molecule is COc1ccc(F)cc1C(=O)NCc1ccc(C(O)=C(C#N)C#N)c2cnn(COCC[Si](C)(C)C)c12. The Hall–Kier alpha value is -4.19. The van der Waals surface area contributed by atoms with Gasteiger partial charge in [0.05, 0.1) is 24.4 Å². The first-order chi connectivity index (χ1) is 17.6. The molecular formula is C26H28FN5O4Si. The zero-order chi connectivity index (χ0) is 27.2. The molecular weight excluding hydrogens is 493 g/mol. The average Bonchev–Trinajstić information content (AvgIpc) is 3.29. The molecule has 3 rings (SSSR count). The number of fused-ring (bicyclic) bond motifs is 1. The number of benzene rings is 2. The van der Waals surface area contributed by atoms with Crippen LogP contribution in [-0.2, 0) is 18.0 Å². The molecule has 192 valence electrons. The standard InChI is InChI=1S/C26H28FN5O4Si/c1-35-23-8-6-19(27)11-21(23)26(34)30-14-17-5-7-20(25(33)18(12-28)13-29)22-15-31-32(24(17)22)16-36-9-10-37(2,3)4/h5-8,11,15,33H,9-10,14,16H2,1-4H3,(H,30,34). The van der Waals surface area contributed by atoms with E-state index in [0.717, 1.165) is 12.1 Å².